The van der Waals surface area contributed by atoms with Crippen molar-refractivity contribution in [3.8, 4) is 0 Å². The maximum Gasteiger partial charge on any atom is 0.261 e. The fraction of sp³-hybridized carbons (Fsp3) is 0.286. The minimum Gasteiger partial charge on any atom is -0.332 e. The van der Waals surface area contributed by atoms with E-state index in [9.17, 15) is 9.59 Å². The number of hydrogen-bond donors (Lipinski definition) is 1. The van der Waals surface area contributed by atoms with E-state index in [4.69, 9.17) is 0 Å². The van der Waals surface area contributed by atoms with E-state index >= 15 is 0 Å². The van der Waals surface area contributed by atoms with Gasteiger partial charge in [0.1, 0.15) is 11.2 Å². The quantitative estimate of drug-likeness (QED) is 0.789. The minimum atomic E-state index is -0.377. The fourth-order valence-corrected chi connectivity index (χ4v) is 3.61. The third-order valence-corrected chi connectivity index (χ3v) is 5.00. The normalized spacial score (nSPS) is 13.0. The molecule has 132 valence electrons. The molecule has 0 atom stereocenters. The highest BCUT2D eigenvalue weighted by atomic mass is 16.2. The summed E-state index contributed by atoms with van der Waals surface area (Å²) in [7, 11) is 0. The van der Waals surface area contributed by atoms with Crippen molar-refractivity contribution in [2.75, 3.05) is 5.32 Å². The van der Waals surface area contributed by atoms with E-state index in [0.717, 1.165) is 30.6 Å². The van der Waals surface area contributed by atoms with Crippen LogP contribution in [0.25, 0.3) is 11.0 Å². The highest BCUT2D eigenvalue weighted by Crippen LogP contribution is 2.25. The molecule has 0 aliphatic heterocycles. The van der Waals surface area contributed by atoms with Crippen molar-refractivity contribution in [1.29, 1.82) is 0 Å². The summed E-state index contributed by atoms with van der Waals surface area (Å²) in [6.07, 6.45) is 4.91. The number of hydrogen-bond acceptors (Lipinski definition) is 3. The molecule has 0 spiro atoms. The van der Waals surface area contributed by atoms with E-state index in [1.807, 2.05) is 30.5 Å². The van der Waals surface area contributed by atoms with E-state index in [1.54, 1.807) is 18.3 Å². The molecule has 3 aromatic rings. The van der Waals surface area contributed by atoms with E-state index in [-0.39, 0.29) is 16.9 Å². The van der Waals surface area contributed by atoms with Crippen LogP contribution >= 0.6 is 0 Å². The van der Waals surface area contributed by atoms with Gasteiger partial charge in [0.2, 0.25) is 5.43 Å². The molecule has 26 heavy (non-hydrogen) atoms. The van der Waals surface area contributed by atoms with Crippen molar-refractivity contribution in [1.82, 2.24) is 9.55 Å². The molecule has 2 heterocycles. The molecule has 0 saturated carbocycles. The number of nitrogens with one attached hydrogen (secondary N) is 1. The van der Waals surface area contributed by atoms with E-state index in [1.165, 1.54) is 11.1 Å². The van der Waals surface area contributed by atoms with Crippen molar-refractivity contribution >= 4 is 22.6 Å². The second-order valence-corrected chi connectivity index (χ2v) is 6.77. The van der Waals surface area contributed by atoms with Crippen LogP contribution in [0.5, 0.6) is 0 Å². The molecule has 1 amide bonds. The van der Waals surface area contributed by atoms with Gasteiger partial charge >= 0.3 is 0 Å². The van der Waals surface area contributed by atoms with Crippen molar-refractivity contribution in [2.45, 2.75) is 39.7 Å². The molecule has 0 fully saturated rings. The Hall–Kier alpha value is -2.95. The SMILES string of the molecule is CCn1cc(C(=O)Nc2ccc3c(c2)CCC3)c(=O)c2ccc(C)nc21. The van der Waals surface area contributed by atoms with Gasteiger partial charge in [-0.05, 0) is 68.5 Å². The highest BCUT2D eigenvalue weighted by molar-refractivity contribution is 6.05. The Balaban J connectivity index is 1.74. The summed E-state index contributed by atoms with van der Waals surface area (Å²) in [4.78, 5) is 30.0. The van der Waals surface area contributed by atoms with Crippen LogP contribution in [-0.2, 0) is 19.4 Å². The molecule has 1 aromatic carbocycles. The number of nitrogens with zero attached hydrogens (tertiary/aromatic N) is 2. The van der Waals surface area contributed by atoms with Gasteiger partial charge in [-0.25, -0.2) is 4.98 Å². The molecular weight excluding hydrogens is 326 g/mol. The van der Waals surface area contributed by atoms with E-state index in [0.29, 0.717) is 17.6 Å². The van der Waals surface area contributed by atoms with Crippen LogP contribution in [0, 0.1) is 6.92 Å². The molecular formula is C21H21N3O2. The average Bonchev–Trinajstić information content (AvgIpc) is 3.09. The summed E-state index contributed by atoms with van der Waals surface area (Å²) < 4.78 is 1.85. The number of aryl methyl sites for hydroxylation is 4. The maximum absolute atomic E-state index is 12.8. The molecule has 1 aliphatic rings. The highest BCUT2D eigenvalue weighted by Gasteiger charge is 2.17. The first-order valence-corrected chi connectivity index (χ1v) is 9.01. The van der Waals surface area contributed by atoms with Crippen LogP contribution < -0.4 is 10.7 Å². The van der Waals surface area contributed by atoms with Gasteiger partial charge in [-0.15, -0.1) is 0 Å². The third kappa shape index (κ3) is 2.79. The number of pyridine rings is 2. The maximum atomic E-state index is 12.8. The van der Waals surface area contributed by atoms with E-state index < -0.39 is 0 Å². The number of carbonyl (C=O) groups is 1. The number of amides is 1. The van der Waals surface area contributed by atoms with Crippen LogP contribution in [0.2, 0.25) is 0 Å². The zero-order valence-corrected chi connectivity index (χ0v) is 15.0. The second kappa shape index (κ2) is 6.41. The van der Waals surface area contributed by atoms with Crippen molar-refractivity contribution in [3.63, 3.8) is 0 Å². The molecule has 0 unspecified atom stereocenters. The average molecular weight is 347 g/mol. The van der Waals surface area contributed by atoms with Gasteiger partial charge < -0.3 is 9.88 Å². The van der Waals surface area contributed by atoms with Crippen LogP contribution in [-0.4, -0.2) is 15.5 Å². The predicted octanol–water partition coefficient (Wildman–Crippen LogP) is 3.47. The summed E-state index contributed by atoms with van der Waals surface area (Å²) in [5.41, 5.74) is 4.69. The molecule has 5 heteroatoms. The third-order valence-electron chi connectivity index (χ3n) is 5.00. The summed E-state index contributed by atoms with van der Waals surface area (Å²) in [6, 6.07) is 9.54. The largest absolute Gasteiger partial charge is 0.332 e. The second-order valence-electron chi connectivity index (χ2n) is 6.77. The van der Waals surface area contributed by atoms with Gasteiger partial charge in [-0.2, -0.15) is 0 Å². The van der Waals surface area contributed by atoms with Crippen LogP contribution in [0.1, 0.15) is 40.5 Å². The van der Waals surface area contributed by atoms with Gasteiger partial charge in [0, 0.05) is 24.1 Å². The van der Waals surface area contributed by atoms with Crippen LogP contribution in [0.15, 0.2) is 41.3 Å². The lowest BCUT2D eigenvalue weighted by atomic mass is 10.1. The molecule has 1 N–H and O–H groups in total. The van der Waals surface area contributed by atoms with Crippen molar-refractivity contribution < 1.29 is 4.79 Å². The topological polar surface area (TPSA) is 64.0 Å². The first-order valence-electron chi connectivity index (χ1n) is 9.01. The van der Waals surface area contributed by atoms with Gasteiger partial charge in [0.15, 0.2) is 0 Å². The van der Waals surface area contributed by atoms with Gasteiger partial charge in [-0.1, -0.05) is 6.07 Å². The Bertz CT molecular complexity index is 1080. The molecule has 1 aliphatic carbocycles. The van der Waals surface area contributed by atoms with Gasteiger partial charge in [-0.3, -0.25) is 9.59 Å². The summed E-state index contributed by atoms with van der Waals surface area (Å²) >= 11 is 0. The molecule has 0 saturated heterocycles. The van der Waals surface area contributed by atoms with Gasteiger partial charge in [0.05, 0.1) is 5.39 Å². The smallest absolute Gasteiger partial charge is 0.261 e. The molecule has 4 rings (SSSR count). The fourth-order valence-electron chi connectivity index (χ4n) is 3.61. The van der Waals surface area contributed by atoms with Gasteiger partial charge in [0.25, 0.3) is 5.91 Å². The zero-order chi connectivity index (χ0) is 18.3. The number of rotatable bonds is 3. The molecule has 0 bridgehead atoms. The lowest BCUT2D eigenvalue weighted by Gasteiger charge is -2.12. The Kier molecular flexibility index (Phi) is 4.07. The first kappa shape index (κ1) is 16.5. The molecule has 0 radical (unpaired) electrons. The Morgan fingerprint density at radius 2 is 2.00 bits per heavy atom. The predicted molar refractivity (Wildman–Crippen MR) is 103 cm³/mol. The standard InChI is InChI=1S/C21H21N3O2/c1-3-24-12-18(19(25)17-10-7-13(2)22-20(17)24)21(26)23-16-9-8-14-5-4-6-15(14)11-16/h7-12H,3-6H2,1-2H3,(H,23,26). The Morgan fingerprint density at radius 1 is 1.19 bits per heavy atom. The van der Waals surface area contributed by atoms with E-state index in [2.05, 4.69) is 16.4 Å². The summed E-state index contributed by atoms with van der Waals surface area (Å²) in [6.45, 7) is 4.49. The monoisotopic (exact) mass is 347 g/mol. The number of anilines is 1. The van der Waals surface area contributed by atoms with Crippen molar-refractivity contribution in [3.05, 3.63) is 69.1 Å². The summed E-state index contributed by atoms with van der Waals surface area (Å²) in [5, 5.41) is 3.35. The number of fused-ring (bicyclic) bond motifs is 2. The number of benzene rings is 1. The van der Waals surface area contributed by atoms with Crippen LogP contribution in [0.3, 0.4) is 0 Å². The van der Waals surface area contributed by atoms with Crippen LogP contribution in [0.4, 0.5) is 5.69 Å². The molecule has 5 nitrogen and oxygen atoms in total. The summed E-state index contributed by atoms with van der Waals surface area (Å²) in [5.74, 6) is -0.377. The minimum absolute atomic E-state index is 0.144. The lowest BCUT2D eigenvalue weighted by Crippen LogP contribution is -2.24. The van der Waals surface area contributed by atoms with Crippen molar-refractivity contribution in [2.24, 2.45) is 0 Å². The molecule has 2 aromatic heterocycles. The first-order chi connectivity index (χ1) is 12.6. The Labute approximate surface area is 151 Å². The zero-order valence-electron chi connectivity index (χ0n) is 15.0. The Morgan fingerprint density at radius 3 is 2.81 bits per heavy atom. The lowest BCUT2D eigenvalue weighted by molar-refractivity contribution is 0.102. The number of carbonyl (C=O) groups excluding carboxylic acids is 1. The number of aromatic nitrogens is 2.